The summed E-state index contributed by atoms with van der Waals surface area (Å²) in [5, 5.41) is 2.81. The zero-order valence-corrected chi connectivity index (χ0v) is 17.5. The molecular weight excluding hydrogens is 405 g/mol. The second-order valence-corrected chi connectivity index (χ2v) is 9.06. The summed E-state index contributed by atoms with van der Waals surface area (Å²) in [5.41, 5.74) is 2.49. The van der Waals surface area contributed by atoms with Crippen molar-refractivity contribution in [3.8, 4) is 5.75 Å². The number of sulfone groups is 1. The molecule has 0 aliphatic rings. The molecule has 0 saturated carbocycles. The van der Waals surface area contributed by atoms with E-state index in [1.54, 1.807) is 37.3 Å². The number of benzene rings is 3. The van der Waals surface area contributed by atoms with E-state index in [0.29, 0.717) is 17.0 Å². The van der Waals surface area contributed by atoms with Gasteiger partial charge >= 0.3 is 0 Å². The van der Waals surface area contributed by atoms with Crippen molar-refractivity contribution in [2.75, 3.05) is 11.1 Å². The molecule has 1 N–H and O–H groups in total. The lowest BCUT2D eigenvalue weighted by molar-refractivity contribution is 0.102. The summed E-state index contributed by atoms with van der Waals surface area (Å²) >= 11 is 0. The van der Waals surface area contributed by atoms with Gasteiger partial charge < -0.3 is 10.1 Å². The van der Waals surface area contributed by atoms with Gasteiger partial charge in [0.05, 0.1) is 10.6 Å². The van der Waals surface area contributed by atoms with Gasteiger partial charge in [0.2, 0.25) is 0 Å². The van der Waals surface area contributed by atoms with Gasteiger partial charge in [-0.3, -0.25) is 4.79 Å². The van der Waals surface area contributed by atoms with E-state index in [1.165, 1.54) is 36.4 Å². The molecule has 0 aromatic heterocycles. The fourth-order valence-electron chi connectivity index (χ4n) is 2.83. The first-order valence-electron chi connectivity index (χ1n) is 9.40. The van der Waals surface area contributed by atoms with Crippen molar-refractivity contribution in [2.45, 2.75) is 25.3 Å². The minimum atomic E-state index is -3.31. The van der Waals surface area contributed by atoms with Gasteiger partial charge in [0.1, 0.15) is 18.2 Å². The van der Waals surface area contributed by atoms with Crippen molar-refractivity contribution in [2.24, 2.45) is 0 Å². The van der Waals surface area contributed by atoms with Gasteiger partial charge in [-0.05, 0) is 72.6 Å². The fourth-order valence-corrected chi connectivity index (χ4v) is 3.72. The third-order valence-electron chi connectivity index (χ3n) is 4.60. The van der Waals surface area contributed by atoms with Gasteiger partial charge in [0.25, 0.3) is 5.91 Å². The predicted molar refractivity (Wildman–Crippen MR) is 114 cm³/mol. The lowest BCUT2D eigenvalue weighted by Crippen LogP contribution is -2.13. The highest BCUT2D eigenvalue weighted by Crippen LogP contribution is 2.23. The lowest BCUT2D eigenvalue weighted by atomic mass is 10.1. The van der Waals surface area contributed by atoms with E-state index in [1.807, 2.05) is 6.92 Å². The lowest BCUT2D eigenvalue weighted by Gasteiger charge is -2.12. The van der Waals surface area contributed by atoms with Crippen LogP contribution in [0.15, 0.2) is 71.6 Å². The smallest absolute Gasteiger partial charge is 0.255 e. The Morgan fingerprint density at radius 3 is 2.40 bits per heavy atom. The van der Waals surface area contributed by atoms with Gasteiger partial charge in [-0.1, -0.05) is 19.1 Å². The number of anilines is 1. The SMILES string of the molecule is CCS(=O)(=O)c1ccc(C(=O)Nc2ccc(OCc3cccc(F)c3)cc2C)cc1. The highest BCUT2D eigenvalue weighted by atomic mass is 32.2. The molecule has 30 heavy (non-hydrogen) atoms. The summed E-state index contributed by atoms with van der Waals surface area (Å²) in [7, 11) is -3.31. The van der Waals surface area contributed by atoms with E-state index in [-0.39, 0.29) is 29.0 Å². The Labute approximate surface area is 175 Å². The largest absolute Gasteiger partial charge is 0.489 e. The molecule has 0 atom stereocenters. The van der Waals surface area contributed by atoms with Gasteiger partial charge in [-0.25, -0.2) is 12.8 Å². The molecule has 0 spiro atoms. The Balaban J connectivity index is 1.66. The molecule has 0 bridgehead atoms. The Morgan fingerprint density at radius 2 is 1.77 bits per heavy atom. The quantitative estimate of drug-likeness (QED) is 0.590. The number of amides is 1. The van der Waals surface area contributed by atoms with Crippen LogP contribution in [0.4, 0.5) is 10.1 Å². The molecule has 156 valence electrons. The molecular formula is C23H22FNO4S. The summed E-state index contributed by atoms with van der Waals surface area (Å²) in [4.78, 5) is 12.7. The zero-order chi connectivity index (χ0) is 21.7. The van der Waals surface area contributed by atoms with Crippen molar-refractivity contribution in [1.29, 1.82) is 0 Å². The molecule has 3 aromatic rings. The van der Waals surface area contributed by atoms with Crippen LogP contribution in [0.25, 0.3) is 0 Å². The monoisotopic (exact) mass is 427 g/mol. The molecule has 0 heterocycles. The Morgan fingerprint density at radius 1 is 1.03 bits per heavy atom. The zero-order valence-electron chi connectivity index (χ0n) is 16.7. The van der Waals surface area contributed by atoms with E-state index in [0.717, 1.165) is 11.1 Å². The van der Waals surface area contributed by atoms with Crippen molar-refractivity contribution >= 4 is 21.4 Å². The van der Waals surface area contributed by atoms with Crippen LogP contribution in [-0.4, -0.2) is 20.1 Å². The molecule has 0 radical (unpaired) electrons. The molecule has 3 aromatic carbocycles. The summed E-state index contributed by atoms with van der Waals surface area (Å²) in [6.45, 7) is 3.64. The average molecular weight is 427 g/mol. The third kappa shape index (κ3) is 5.24. The van der Waals surface area contributed by atoms with E-state index in [2.05, 4.69) is 5.32 Å². The number of ether oxygens (including phenoxy) is 1. The van der Waals surface area contributed by atoms with Gasteiger partial charge in [-0.2, -0.15) is 0 Å². The first kappa shape index (κ1) is 21.5. The van der Waals surface area contributed by atoms with E-state index < -0.39 is 9.84 Å². The summed E-state index contributed by atoms with van der Waals surface area (Å²) < 4.78 is 42.7. The van der Waals surface area contributed by atoms with Crippen LogP contribution in [0.5, 0.6) is 5.75 Å². The minimum absolute atomic E-state index is 0.00533. The number of aryl methyl sites for hydroxylation is 1. The van der Waals surface area contributed by atoms with Crippen LogP contribution in [0.3, 0.4) is 0 Å². The first-order chi connectivity index (χ1) is 14.3. The van der Waals surface area contributed by atoms with Crippen LogP contribution >= 0.6 is 0 Å². The summed E-state index contributed by atoms with van der Waals surface area (Å²) in [5.74, 6) is -0.0488. The van der Waals surface area contributed by atoms with Crippen molar-refractivity contribution in [3.05, 3.63) is 89.2 Å². The summed E-state index contributed by atoms with van der Waals surface area (Å²) in [6.07, 6.45) is 0. The second-order valence-electron chi connectivity index (χ2n) is 6.78. The highest BCUT2D eigenvalue weighted by molar-refractivity contribution is 7.91. The number of nitrogens with one attached hydrogen (secondary N) is 1. The van der Waals surface area contributed by atoms with Gasteiger partial charge in [0, 0.05) is 11.3 Å². The molecule has 0 aliphatic carbocycles. The molecule has 0 saturated heterocycles. The normalized spacial score (nSPS) is 11.2. The highest BCUT2D eigenvalue weighted by Gasteiger charge is 2.13. The molecule has 1 amide bonds. The van der Waals surface area contributed by atoms with E-state index in [9.17, 15) is 17.6 Å². The van der Waals surface area contributed by atoms with Crippen LogP contribution in [0.1, 0.15) is 28.4 Å². The number of halogens is 1. The van der Waals surface area contributed by atoms with Crippen LogP contribution < -0.4 is 10.1 Å². The van der Waals surface area contributed by atoms with Crippen LogP contribution in [-0.2, 0) is 16.4 Å². The molecule has 3 rings (SSSR count). The third-order valence-corrected chi connectivity index (χ3v) is 6.35. The topological polar surface area (TPSA) is 72.5 Å². The molecule has 5 nitrogen and oxygen atoms in total. The number of rotatable bonds is 7. The Kier molecular flexibility index (Phi) is 6.52. The summed E-state index contributed by atoms with van der Waals surface area (Å²) in [6, 6.07) is 17.3. The maximum atomic E-state index is 13.2. The molecule has 0 fully saturated rings. The minimum Gasteiger partial charge on any atom is -0.489 e. The number of carbonyl (C=O) groups is 1. The second kappa shape index (κ2) is 9.09. The number of carbonyl (C=O) groups excluding carboxylic acids is 1. The maximum Gasteiger partial charge on any atom is 0.255 e. The van der Waals surface area contributed by atoms with Crippen LogP contribution in [0, 0.1) is 12.7 Å². The predicted octanol–water partition coefficient (Wildman–Crippen LogP) is 4.76. The number of hydrogen-bond donors (Lipinski definition) is 1. The Hall–Kier alpha value is -3.19. The Bertz CT molecular complexity index is 1160. The van der Waals surface area contributed by atoms with Crippen molar-refractivity contribution < 1.29 is 22.3 Å². The fraction of sp³-hybridized carbons (Fsp3) is 0.174. The average Bonchev–Trinajstić information content (AvgIpc) is 2.74. The standard InChI is InChI=1S/C23H22FNO4S/c1-3-30(27,28)21-10-7-18(8-11-21)23(26)25-22-12-9-20(13-16(22)2)29-15-17-5-4-6-19(24)14-17/h4-14H,3,15H2,1-2H3,(H,25,26). The number of hydrogen-bond acceptors (Lipinski definition) is 4. The first-order valence-corrected chi connectivity index (χ1v) is 11.1. The van der Waals surface area contributed by atoms with E-state index >= 15 is 0 Å². The maximum absolute atomic E-state index is 13.2. The van der Waals surface area contributed by atoms with Crippen LogP contribution in [0.2, 0.25) is 0 Å². The molecule has 7 heteroatoms. The van der Waals surface area contributed by atoms with Gasteiger partial charge in [0.15, 0.2) is 9.84 Å². The van der Waals surface area contributed by atoms with E-state index in [4.69, 9.17) is 4.74 Å². The molecule has 0 unspecified atom stereocenters. The molecule has 0 aliphatic heterocycles. The van der Waals surface area contributed by atoms with Crippen molar-refractivity contribution in [1.82, 2.24) is 0 Å². The van der Waals surface area contributed by atoms with Crippen molar-refractivity contribution in [3.63, 3.8) is 0 Å². The van der Waals surface area contributed by atoms with Gasteiger partial charge in [-0.15, -0.1) is 0 Å².